The number of hydrazone groups is 1. The first-order valence-corrected chi connectivity index (χ1v) is 11.5. The van der Waals surface area contributed by atoms with Crippen molar-refractivity contribution in [3.63, 3.8) is 0 Å². The van der Waals surface area contributed by atoms with Crippen LogP contribution in [-0.4, -0.2) is 34.3 Å². The molecule has 174 valence electrons. The predicted octanol–water partition coefficient (Wildman–Crippen LogP) is 5.73. The van der Waals surface area contributed by atoms with Crippen LogP contribution in [0.5, 0.6) is 5.75 Å². The van der Waals surface area contributed by atoms with Gasteiger partial charge in [0.25, 0.3) is 5.91 Å². The molecule has 0 aromatic heterocycles. The Hall–Kier alpha value is -4.16. The summed E-state index contributed by atoms with van der Waals surface area (Å²) in [6.45, 7) is -0.525. The highest BCUT2D eigenvalue weighted by Gasteiger charge is 2.33. The topological polar surface area (TPSA) is 79.2 Å². The van der Waals surface area contributed by atoms with Crippen molar-refractivity contribution in [3.8, 4) is 5.75 Å². The lowest BCUT2D eigenvalue weighted by atomic mass is 9.97. The van der Waals surface area contributed by atoms with Crippen LogP contribution >= 0.6 is 11.6 Å². The molecule has 1 unspecified atom stereocenters. The van der Waals surface area contributed by atoms with Gasteiger partial charge >= 0.3 is 5.97 Å². The number of phenolic OH excluding ortho intramolecular Hbond substituents is 1. The molecule has 6 nitrogen and oxygen atoms in total. The largest absolute Gasteiger partial charge is 0.507 e. The number of benzene rings is 4. The van der Waals surface area contributed by atoms with E-state index in [9.17, 15) is 14.7 Å². The van der Waals surface area contributed by atoms with Gasteiger partial charge in [-0.25, -0.2) is 9.80 Å². The second kappa shape index (κ2) is 9.60. The summed E-state index contributed by atoms with van der Waals surface area (Å²) in [6.07, 6.45) is 0.525. The minimum atomic E-state index is -0.840. The van der Waals surface area contributed by atoms with Gasteiger partial charge in [0, 0.05) is 11.4 Å². The summed E-state index contributed by atoms with van der Waals surface area (Å²) in [4.78, 5) is 25.6. The molecule has 1 heterocycles. The fraction of sp³-hybridized carbons (Fsp3) is 0.107. The van der Waals surface area contributed by atoms with Crippen molar-refractivity contribution in [2.45, 2.75) is 12.5 Å². The molecular weight excluding hydrogens is 464 g/mol. The summed E-state index contributed by atoms with van der Waals surface area (Å²) >= 11 is 5.91. The first-order valence-electron chi connectivity index (χ1n) is 11.1. The smallest absolute Gasteiger partial charge is 0.342 e. The highest BCUT2D eigenvalue weighted by atomic mass is 35.5. The van der Waals surface area contributed by atoms with Crippen molar-refractivity contribution < 1.29 is 19.4 Å². The number of hydrogen-bond donors (Lipinski definition) is 1. The van der Waals surface area contributed by atoms with Crippen LogP contribution in [0.25, 0.3) is 10.8 Å². The Morgan fingerprint density at radius 3 is 2.49 bits per heavy atom. The van der Waals surface area contributed by atoms with E-state index in [1.807, 2.05) is 66.7 Å². The zero-order valence-corrected chi connectivity index (χ0v) is 19.4. The standard InChI is InChI=1S/C28H21ClN2O4/c29-22-12-13-26(32)23(15-22)28(34)35-17-27(33)31-25(19-7-2-1-3-8-19)16-24(30-31)21-11-10-18-6-4-5-9-20(18)14-21/h1-15,25,32H,16-17H2. The van der Waals surface area contributed by atoms with E-state index in [0.29, 0.717) is 6.42 Å². The molecule has 4 aromatic carbocycles. The minimum Gasteiger partial charge on any atom is -0.507 e. The number of halogens is 1. The number of hydrogen-bond acceptors (Lipinski definition) is 5. The summed E-state index contributed by atoms with van der Waals surface area (Å²) in [7, 11) is 0. The van der Waals surface area contributed by atoms with Crippen LogP contribution in [0.4, 0.5) is 0 Å². The quantitative estimate of drug-likeness (QED) is 0.367. The molecule has 1 atom stereocenters. The number of fused-ring (bicyclic) bond motifs is 1. The number of nitrogens with zero attached hydrogens (tertiary/aromatic N) is 2. The summed E-state index contributed by atoms with van der Waals surface area (Å²) < 4.78 is 5.20. The SMILES string of the molecule is O=C(OCC(=O)N1N=C(c2ccc3ccccc3c2)CC1c1ccccc1)c1cc(Cl)ccc1O. The molecule has 0 spiro atoms. The number of aromatic hydroxyl groups is 1. The van der Waals surface area contributed by atoms with Gasteiger partial charge in [-0.15, -0.1) is 0 Å². The Morgan fingerprint density at radius 2 is 1.69 bits per heavy atom. The van der Waals surface area contributed by atoms with Gasteiger partial charge < -0.3 is 9.84 Å². The monoisotopic (exact) mass is 484 g/mol. The molecule has 7 heteroatoms. The summed E-state index contributed by atoms with van der Waals surface area (Å²) in [5.41, 5.74) is 2.53. The highest BCUT2D eigenvalue weighted by Crippen LogP contribution is 2.33. The average molecular weight is 485 g/mol. The van der Waals surface area contributed by atoms with E-state index in [0.717, 1.165) is 27.6 Å². The van der Waals surface area contributed by atoms with E-state index in [4.69, 9.17) is 16.3 Å². The Kier molecular flexibility index (Phi) is 6.21. The summed E-state index contributed by atoms with van der Waals surface area (Å²) in [6, 6.07) is 27.5. The van der Waals surface area contributed by atoms with Crippen molar-refractivity contribution in [2.24, 2.45) is 5.10 Å². The Morgan fingerprint density at radius 1 is 0.943 bits per heavy atom. The van der Waals surface area contributed by atoms with Crippen molar-refractivity contribution in [2.75, 3.05) is 6.61 Å². The molecule has 5 rings (SSSR count). The molecule has 0 fully saturated rings. The van der Waals surface area contributed by atoms with Crippen LogP contribution in [0.15, 0.2) is 96.1 Å². The first-order chi connectivity index (χ1) is 17.0. The predicted molar refractivity (Wildman–Crippen MR) is 135 cm³/mol. The van der Waals surface area contributed by atoms with Crippen molar-refractivity contribution in [1.29, 1.82) is 0 Å². The maximum absolute atomic E-state index is 13.2. The zero-order chi connectivity index (χ0) is 24.4. The molecule has 0 saturated carbocycles. The summed E-state index contributed by atoms with van der Waals surface area (Å²) in [5.74, 6) is -1.58. The second-order valence-corrected chi connectivity index (χ2v) is 8.65. The van der Waals surface area contributed by atoms with Gasteiger partial charge in [-0.2, -0.15) is 5.10 Å². The van der Waals surface area contributed by atoms with Crippen LogP contribution in [0.3, 0.4) is 0 Å². The van der Waals surface area contributed by atoms with Gasteiger partial charge in [0.15, 0.2) is 6.61 Å². The fourth-order valence-corrected chi connectivity index (χ4v) is 4.33. The maximum Gasteiger partial charge on any atom is 0.342 e. The first kappa shape index (κ1) is 22.6. The molecule has 1 aliphatic rings. The average Bonchev–Trinajstić information content (AvgIpc) is 3.34. The molecule has 4 aromatic rings. The third-order valence-electron chi connectivity index (χ3n) is 5.94. The molecule has 35 heavy (non-hydrogen) atoms. The summed E-state index contributed by atoms with van der Waals surface area (Å²) in [5, 5.41) is 18.4. The van der Waals surface area contributed by atoms with E-state index in [-0.39, 0.29) is 22.4 Å². The number of rotatable bonds is 5. The van der Waals surface area contributed by atoms with Crippen LogP contribution in [-0.2, 0) is 9.53 Å². The molecule has 1 amide bonds. The molecule has 1 aliphatic heterocycles. The molecule has 1 N–H and O–H groups in total. The van der Waals surface area contributed by atoms with Gasteiger partial charge in [0.1, 0.15) is 11.3 Å². The van der Waals surface area contributed by atoms with Gasteiger partial charge in [0.05, 0.1) is 11.8 Å². The minimum absolute atomic E-state index is 0.105. The fourth-order valence-electron chi connectivity index (χ4n) is 4.16. The van der Waals surface area contributed by atoms with E-state index < -0.39 is 18.5 Å². The van der Waals surface area contributed by atoms with E-state index in [2.05, 4.69) is 11.2 Å². The number of phenols is 1. The van der Waals surface area contributed by atoms with Crippen LogP contribution in [0.2, 0.25) is 5.02 Å². The number of ether oxygens (including phenoxy) is 1. The van der Waals surface area contributed by atoms with E-state index in [1.54, 1.807) is 0 Å². The number of esters is 1. The molecule has 0 radical (unpaired) electrons. The second-order valence-electron chi connectivity index (χ2n) is 8.22. The van der Waals surface area contributed by atoms with E-state index in [1.165, 1.54) is 23.2 Å². The van der Waals surface area contributed by atoms with Gasteiger partial charge in [-0.3, -0.25) is 4.79 Å². The Labute approximate surface area is 207 Å². The lowest BCUT2D eigenvalue weighted by molar-refractivity contribution is -0.136. The molecule has 0 saturated heterocycles. The van der Waals surface area contributed by atoms with Gasteiger partial charge in [0.2, 0.25) is 0 Å². The maximum atomic E-state index is 13.2. The third-order valence-corrected chi connectivity index (χ3v) is 6.17. The molecular formula is C28H21ClN2O4. The normalized spacial score (nSPS) is 15.2. The Balaban J connectivity index is 1.40. The van der Waals surface area contributed by atoms with Crippen LogP contribution in [0, 0.1) is 0 Å². The van der Waals surface area contributed by atoms with Gasteiger partial charge in [-0.05, 0) is 46.2 Å². The molecule has 0 bridgehead atoms. The lowest BCUT2D eigenvalue weighted by Gasteiger charge is -2.22. The molecule has 0 aliphatic carbocycles. The van der Waals surface area contributed by atoms with E-state index >= 15 is 0 Å². The van der Waals surface area contributed by atoms with Crippen LogP contribution < -0.4 is 0 Å². The number of amides is 1. The van der Waals surface area contributed by atoms with Gasteiger partial charge in [-0.1, -0.05) is 78.3 Å². The van der Waals surface area contributed by atoms with Crippen LogP contribution in [0.1, 0.15) is 33.9 Å². The Bertz CT molecular complexity index is 1450. The third kappa shape index (κ3) is 4.74. The zero-order valence-electron chi connectivity index (χ0n) is 18.6. The number of carbonyl (C=O) groups is 2. The van der Waals surface area contributed by atoms with Crippen molar-refractivity contribution in [3.05, 3.63) is 113 Å². The lowest BCUT2D eigenvalue weighted by Crippen LogP contribution is -2.31. The van der Waals surface area contributed by atoms with Crippen molar-refractivity contribution >= 4 is 40.0 Å². The van der Waals surface area contributed by atoms with Crippen molar-refractivity contribution in [1.82, 2.24) is 5.01 Å². The highest BCUT2D eigenvalue weighted by molar-refractivity contribution is 6.31. The number of carbonyl (C=O) groups excluding carboxylic acids is 2.